The number of halogens is 1. The van der Waals surface area contributed by atoms with Crippen LogP contribution in [0.3, 0.4) is 0 Å². The van der Waals surface area contributed by atoms with Crippen LogP contribution in [0.15, 0.2) is 6.07 Å². The Labute approximate surface area is 120 Å². The minimum Gasteiger partial charge on any atom is -0.347 e. The van der Waals surface area contributed by atoms with Crippen LogP contribution < -0.4 is 0 Å². The lowest BCUT2D eigenvalue weighted by molar-refractivity contribution is 0.102. The number of ketones is 1. The van der Waals surface area contributed by atoms with Gasteiger partial charge in [0.25, 0.3) is 0 Å². The van der Waals surface area contributed by atoms with Crippen LogP contribution in [0.1, 0.15) is 41.0 Å². The molecule has 1 aromatic rings. The summed E-state index contributed by atoms with van der Waals surface area (Å²) in [4.78, 5) is 14.2. The van der Waals surface area contributed by atoms with E-state index < -0.39 is 0 Å². The summed E-state index contributed by atoms with van der Waals surface area (Å²) in [5.41, 5.74) is 3.00. The van der Waals surface area contributed by atoms with E-state index in [9.17, 15) is 4.79 Å². The maximum Gasteiger partial charge on any atom is 0.179 e. The molecule has 3 nitrogen and oxygen atoms in total. The summed E-state index contributed by atoms with van der Waals surface area (Å²) in [6, 6.07) is 2.56. The summed E-state index contributed by atoms with van der Waals surface area (Å²) < 4.78 is 2.27. The van der Waals surface area contributed by atoms with Gasteiger partial charge in [-0.05, 0) is 46.3 Å². The van der Waals surface area contributed by atoms with Crippen LogP contribution in [-0.4, -0.2) is 40.8 Å². The van der Waals surface area contributed by atoms with E-state index >= 15 is 0 Å². The van der Waals surface area contributed by atoms with Crippen molar-refractivity contribution < 1.29 is 4.79 Å². The predicted octanol–water partition coefficient (Wildman–Crippen LogP) is 3.01. The topological polar surface area (TPSA) is 25.2 Å². The quantitative estimate of drug-likeness (QED) is 0.627. The predicted molar refractivity (Wildman–Crippen MR) is 79.2 cm³/mol. The number of nitrogens with zero attached hydrogens (tertiary/aromatic N) is 2. The molecule has 1 fully saturated rings. The van der Waals surface area contributed by atoms with Crippen LogP contribution >= 0.6 is 11.6 Å². The largest absolute Gasteiger partial charge is 0.347 e. The minimum absolute atomic E-state index is 0.0259. The van der Waals surface area contributed by atoms with Crippen LogP contribution in [0, 0.1) is 13.8 Å². The summed E-state index contributed by atoms with van der Waals surface area (Å²) in [5.74, 6) is 0.0891. The highest BCUT2D eigenvalue weighted by molar-refractivity contribution is 6.30. The van der Waals surface area contributed by atoms with Gasteiger partial charge < -0.3 is 9.47 Å². The molecule has 0 aromatic carbocycles. The number of carbonyl (C=O) groups is 1. The van der Waals surface area contributed by atoms with Gasteiger partial charge in [-0.25, -0.2) is 0 Å². The molecule has 0 N–H and O–H groups in total. The van der Waals surface area contributed by atoms with Crippen molar-refractivity contribution in [2.24, 2.45) is 0 Å². The molecule has 0 amide bonds. The molecule has 0 bridgehead atoms. The van der Waals surface area contributed by atoms with Gasteiger partial charge in [0, 0.05) is 29.5 Å². The molecule has 106 valence electrons. The fraction of sp³-hybridized carbons (Fsp3) is 0.667. The van der Waals surface area contributed by atoms with Gasteiger partial charge >= 0.3 is 0 Å². The lowest BCUT2D eigenvalue weighted by atomic mass is 10.0. The Hall–Kier alpha value is -0.800. The zero-order valence-electron chi connectivity index (χ0n) is 12.1. The summed E-state index contributed by atoms with van der Waals surface area (Å²) in [6.45, 7) is 6.25. The van der Waals surface area contributed by atoms with E-state index in [1.54, 1.807) is 0 Å². The number of Topliss-reactive ketones (excluding diaryl/α,β-unsaturated/α-hetero) is 1. The van der Waals surface area contributed by atoms with Gasteiger partial charge in [-0.15, -0.1) is 11.6 Å². The summed E-state index contributed by atoms with van der Waals surface area (Å²) in [7, 11) is 2.20. The van der Waals surface area contributed by atoms with Gasteiger partial charge in [0.2, 0.25) is 0 Å². The first-order valence-electron chi connectivity index (χ1n) is 7.00. The molecule has 1 saturated heterocycles. The molecule has 0 spiro atoms. The third-order valence-electron chi connectivity index (χ3n) is 4.31. The second kappa shape index (κ2) is 6.10. The zero-order chi connectivity index (χ0) is 14.0. The van der Waals surface area contributed by atoms with Crippen LogP contribution in [-0.2, 0) is 6.54 Å². The highest BCUT2D eigenvalue weighted by Crippen LogP contribution is 2.21. The number of aromatic nitrogens is 1. The Bertz CT molecular complexity index is 467. The van der Waals surface area contributed by atoms with E-state index in [-0.39, 0.29) is 11.7 Å². The lowest BCUT2D eigenvalue weighted by Crippen LogP contribution is -2.39. The number of likely N-dealkylation sites (tertiary alicyclic amines) is 1. The molecule has 1 atom stereocenters. The van der Waals surface area contributed by atoms with Gasteiger partial charge in [0.15, 0.2) is 5.78 Å². The van der Waals surface area contributed by atoms with Crippen molar-refractivity contribution in [3.05, 3.63) is 23.0 Å². The molecule has 1 aliphatic heterocycles. The second-order valence-corrected chi connectivity index (χ2v) is 5.85. The molecule has 1 unspecified atom stereocenters. The minimum atomic E-state index is 0.0259. The van der Waals surface area contributed by atoms with Gasteiger partial charge in [-0.1, -0.05) is 6.42 Å². The standard InChI is InChI=1S/C15H23ClN2O/c1-11-8-14(15(19)9-16)12(2)18(11)10-13-6-4-5-7-17(13)3/h8,13H,4-7,9-10H2,1-3H3. The number of carbonyl (C=O) groups excluding carboxylic acids is 1. The van der Waals surface area contributed by atoms with E-state index in [2.05, 4.69) is 23.4 Å². The normalized spacial score (nSPS) is 20.7. The van der Waals surface area contributed by atoms with Crippen LogP contribution in [0.25, 0.3) is 0 Å². The molecule has 0 saturated carbocycles. The molecule has 2 rings (SSSR count). The lowest BCUT2D eigenvalue weighted by Gasteiger charge is -2.33. The Morgan fingerprint density at radius 1 is 1.42 bits per heavy atom. The maximum atomic E-state index is 11.8. The fourth-order valence-electron chi connectivity index (χ4n) is 3.02. The first-order chi connectivity index (χ1) is 9.04. The van der Waals surface area contributed by atoms with Gasteiger partial charge in [0.05, 0.1) is 5.88 Å². The van der Waals surface area contributed by atoms with Crippen molar-refractivity contribution in [3.8, 4) is 0 Å². The SMILES string of the molecule is Cc1cc(C(=O)CCl)c(C)n1CC1CCCCN1C. The highest BCUT2D eigenvalue weighted by atomic mass is 35.5. The molecule has 1 aliphatic rings. The number of rotatable bonds is 4. The first-order valence-corrected chi connectivity index (χ1v) is 7.54. The summed E-state index contributed by atoms with van der Waals surface area (Å²) >= 11 is 5.67. The van der Waals surface area contributed by atoms with E-state index in [0.717, 1.165) is 23.5 Å². The van der Waals surface area contributed by atoms with Crippen LogP contribution in [0.5, 0.6) is 0 Å². The third kappa shape index (κ3) is 3.03. The molecule has 19 heavy (non-hydrogen) atoms. The maximum absolute atomic E-state index is 11.8. The Kier molecular flexibility index (Phi) is 4.69. The van der Waals surface area contributed by atoms with Crippen molar-refractivity contribution in [1.29, 1.82) is 0 Å². The van der Waals surface area contributed by atoms with Gasteiger partial charge in [-0.3, -0.25) is 4.79 Å². The van der Waals surface area contributed by atoms with Crippen molar-refractivity contribution in [2.45, 2.75) is 45.7 Å². The third-order valence-corrected chi connectivity index (χ3v) is 4.55. The van der Waals surface area contributed by atoms with Gasteiger partial charge in [-0.2, -0.15) is 0 Å². The van der Waals surface area contributed by atoms with E-state index in [1.165, 1.54) is 25.8 Å². The Morgan fingerprint density at radius 3 is 2.79 bits per heavy atom. The monoisotopic (exact) mass is 282 g/mol. The summed E-state index contributed by atoms with van der Waals surface area (Å²) in [6.07, 6.45) is 3.85. The van der Waals surface area contributed by atoms with Crippen molar-refractivity contribution >= 4 is 17.4 Å². The molecular formula is C15H23ClN2O. The molecular weight excluding hydrogens is 260 g/mol. The average Bonchev–Trinajstić information content (AvgIpc) is 2.68. The molecule has 0 aliphatic carbocycles. The molecule has 2 heterocycles. The van der Waals surface area contributed by atoms with E-state index in [4.69, 9.17) is 11.6 Å². The van der Waals surface area contributed by atoms with E-state index in [1.807, 2.05) is 13.0 Å². The zero-order valence-corrected chi connectivity index (χ0v) is 12.8. The Morgan fingerprint density at radius 2 is 2.16 bits per heavy atom. The number of likely N-dealkylation sites (N-methyl/N-ethyl adjacent to an activating group) is 1. The molecule has 1 aromatic heterocycles. The number of aryl methyl sites for hydroxylation is 1. The number of hydrogen-bond donors (Lipinski definition) is 0. The first kappa shape index (κ1) is 14.6. The van der Waals surface area contributed by atoms with E-state index in [0.29, 0.717) is 6.04 Å². The number of alkyl halides is 1. The molecule has 4 heteroatoms. The Balaban J connectivity index is 2.20. The van der Waals surface area contributed by atoms with Crippen LogP contribution in [0.2, 0.25) is 0 Å². The van der Waals surface area contributed by atoms with Crippen molar-refractivity contribution in [2.75, 3.05) is 19.5 Å². The second-order valence-electron chi connectivity index (χ2n) is 5.58. The van der Waals surface area contributed by atoms with Crippen LogP contribution in [0.4, 0.5) is 0 Å². The van der Waals surface area contributed by atoms with Gasteiger partial charge in [0.1, 0.15) is 0 Å². The highest BCUT2D eigenvalue weighted by Gasteiger charge is 2.22. The summed E-state index contributed by atoms with van der Waals surface area (Å²) in [5, 5.41) is 0. The van der Waals surface area contributed by atoms with Crippen molar-refractivity contribution in [3.63, 3.8) is 0 Å². The number of piperidine rings is 1. The molecule has 0 radical (unpaired) electrons. The smallest absolute Gasteiger partial charge is 0.179 e. The average molecular weight is 283 g/mol. The van der Waals surface area contributed by atoms with Crippen molar-refractivity contribution in [1.82, 2.24) is 9.47 Å². The number of hydrogen-bond acceptors (Lipinski definition) is 2. The fourth-order valence-corrected chi connectivity index (χ4v) is 3.17.